The van der Waals surface area contributed by atoms with Gasteiger partial charge in [0, 0.05) is 25.9 Å². The summed E-state index contributed by atoms with van der Waals surface area (Å²) < 4.78 is 5.55. The summed E-state index contributed by atoms with van der Waals surface area (Å²) in [5, 5.41) is 2.98. The normalized spacial score (nSPS) is 15.7. The summed E-state index contributed by atoms with van der Waals surface area (Å²) >= 11 is 0. The molecule has 1 saturated carbocycles. The minimum atomic E-state index is 0.430. The molecule has 0 amide bonds. The highest BCUT2D eigenvalue weighted by Crippen LogP contribution is 2.29. The average Bonchev–Trinajstić information content (AvgIpc) is 3.18. The van der Waals surface area contributed by atoms with Crippen LogP contribution in [0.3, 0.4) is 0 Å². The summed E-state index contributed by atoms with van der Waals surface area (Å²) in [4.78, 5) is 8.05. The molecule has 1 aliphatic carbocycles. The summed E-state index contributed by atoms with van der Waals surface area (Å²) in [7, 11) is 1.65. The van der Waals surface area contributed by atoms with E-state index >= 15 is 0 Å². The lowest BCUT2D eigenvalue weighted by molar-refractivity contribution is 0.288. The molecule has 0 radical (unpaired) electrons. The third-order valence-electron chi connectivity index (χ3n) is 2.68. The van der Waals surface area contributed by atoms with Crippen molar-refractivity contribution in [2.45, 2.75) is 19.4 Å². The Kier molecular flexibility index (Phi) is 3.80. The molecule has 1 aliphatic rings. The molecule has 0 spiro atoms. The Morgan fingerprint density at radius 1 is 1.59 bits per heavy atom. The van der Waals surface area contributed by atoms with Gasteiger partial charge in [-0.15, -0.1) is 0 Å². The Labute approximate surface area is 101 Å². The van der Waals surface area contributed by atoms with E-state index in [0.717, 1.165) is 18.1 Å². The molecule has 1 aromatic heterocycles. The fourth-order valence-electron chi connectivity index (χ4n) is 1.36. The van der Waals surface area contributed by atoms with E-state index in [2.05, 4.69) is 15.3 Å². The van der Waals surface area contributed by atoms with Gasteiger partial charge in [-0.2, -0.15) is 0 Å². The monoisotopic (exact) mass is 234 g/mol. The maximum Gasteiger partial charge on any atom is 0.213 e. The summed E-state index contributed by atoms with van der Waals surface area (Å²) in [5.74, 6) is 1.87. The molecule has 5 heteroatoms. The van der Waals surface area contributed by atoms with Crippen LogP contribution >= 0.6 is 0 Å². The van der Waals surface area contributed by atoms with Crippen molar-refractivity contribution in [2.24, 2.45) is 16.6 Å². The van der Waals surface area contributed by atoms with Crippen molar-refractivity contribution in [2.75, 3.05) is 13.7 Å². The molecule has 0 bridgehead atoms. The molecule has 92 valence electrons. The first-order chi connectivity index (χ1) is 8.28. The fourth-order valence-corrected chi connectivity index (χ4v) is 1.36. The number of pyridine rings is 1. The smallest absolute Gasteiger partial charge is 0.213 e. The average molecular weight is 234 g/mol. The zero-order chi connectivity index (χ0) is 12.1. The highest BCUT2D eigenvalue weighted by Gasteiger charge is 2.21. The maximum absolute atomic E-state index is 5.55. The van der Waals surface area contributed by atoms with Gasteiger partial charge in [0.2, 0.25) is 5.88 Å². The lowest BCUT2D eigenvalue weighted by Gasteiger charge is -2.06. The number of ether oxygens (including phenoxy) is 1. The van der Waals surface area contributed by atoms with Gasteiger partial charge in [-0.05, 0) is 24.3 Å². The van der Waals surface area contributed by atoms with E-state index in [1.807, 2.05) is 12.1 Å². The van der Waals surface area contributed by atoms with E-state index in [-0.39, 0.29) is 0 Å². The zero-order valence-corrected chi connectivity index (χ0v) is 10.0. The van der Waals surface area contributed by atoms with E-state index in [4.69, 9.17) is 10.5 Å². The maximum atomic E-state index is 5.55. The molecule has 17 heavy (non-hydrogen) atoms. The van der Waals surface area contributed by atoms with Crippen molar-refractivity contribution in [1.82, 2.24) is 10.3 Å². The number of guanidine groups is 1. The zero-order valence-electron chi connectivity index (χ0n) is 10.0. The van der Waals surface area contributed by atoms with Crippen LogP contribution in [0, 0.1) is 5.92 Å². The summed E-state index contributed by atoms with van der Waals surface area (Å²) in [6.07, 6.45) is 4.37. The van der Waals surface area contributed by atoms with Gasteiger partial charge in [0.05, 0.1) is 6.61 Å². The van der Waals surface area contributed by atoms with E-state index in [1.54, 1.807) is 13.2 Å². The van der Waals surface area contributed by atoms with Crippen molar-refractivity contribution >= 4 is 5.96 Å². The van der Waals surface area contributed by atoms with Crippen LogP contribution in [0.4, 0.5) is 0 Å². The van der Waals surface area contributed by atoms with Gasteiger partial charge in [0.1, 0.15) is 0 Å². The van der Waals surface area contributed by atoms with Crippen LogP contribution in [0.25, 0.3) is 0 Å². The molecular weight excluding hydrogens is 216 g/mol. The molecule has 1 heterocycles. The Balaban J connectivity index is 1.79. The van der Waals surface area contributed by atoms with E-state index in [9.17, 15) is 0 Å². The van der Waals surface area contributed by atoms with Gasteiger partial charge >= 0.3 is 0 Å². The first kappa shape index (κ1) is 11.7. The lowest BCUT2D eigenvalue weighted by Crippen LogP contribution is -2.30. The molecule has 5 nitrogen and oxygen atoms in total. The van der Waals surface area contributed by atoms with Gasteiger partial charge in [-0.1, -0.05) is 6.07 Å². The molecular formula is C12H18N4O. The van der Waals surface area contributed by atoms with Crippen LogP contribution in [0.1, 0.15) is 18.4 Å². The quantitative estimate of drug-likeness (QED) is 0.586. The van der Waals surface area contributed by atoms with Gasteiger partial charge in [0.15, 0.2) is 5.96 Å². The van der Waals surface area contributed by atoms with Crippen LogP contribution in [-0.2, 0) is 6.54 Å². The Morgan fingerprint density at radius 3 is 3.00 bits per heavy atom. The van der Waals surface area contributed by atoms with Gasteiger partial charge in [-0.25, -0.2) is 4.98 Å². The van der Waals surface area contributed by atoms with Crippen molar-refractivity contribution in [3.8, 4) is 5.88 Å². The first-order valence-electron chi connectivity index (χ1n) is 5.82. The Bertz CT molecular complexity index is 384. The first-order valence-corrected chi connectivity index (χ1v) is 5.82. The largest absolute Gasteiger partial charge is 0.477 e. The SMILES string of the molecule is CN=C(N)NCc1ccc(OCC2CC2)nc1. The lowest BCUT2D eigenvalue weighted by atomic mass is 10.3. The molecule has 0 aromatic carbocycles. The number of hydrogen-bond acceptors (Lipinski definition) is 3. The van der Waals surface area contributed by atoms with Crippen LogP contribution in [0.2, 0.25) is 0 Å². The minimum Gasteiger partial charge on any atom is -0.477 e. The molecule has 1 aromatic rings. The second-order valence-corrected chi connectivity index (χ2v) is 4.22. The Morgan fingerprint density at radius 2 is 2.41 bits per heavy atom. The molecule has 0 saturated heterocycles. The van der Waals surface area contributed by atoms with Crippen LogP contribution in [-0.4, -0.2) is 24.6 Å². The van der Waals surface area contributed by atoms with Crippen LogP contribution in [0.15, 0.2) is 23.3 Å². The summed E-state index contributed by atoms with van der Waals surface area (Å²) in [6.45, 7) is 1.42. The second kappa shape index (κ2) is 5.52. The fraction of sp³-hybridized carbons (Fsp3) is 0.500. The number of nitrogens with one attached hydrogen (secondary N) is 1. The number of nitrogens with two attached hydrogens (primary N) is 1. The Hall–Kier alpha value is -1.78. The third-order valence-corrected chi connectivity index (χ3v) is 2.68. The predicted octanol–water partition coefficient (Wildman–Crippen LogP) is 0.904. The van der Waals surface area contributed by atoms with E-state index < -0.39 is 0 Å². The number of rotatable bonds is 5. The number of hydrogen-bond donors (Lipinski definition) is 2. The standard InChI is InChI=1S/C12H18N4O/c1-14-12(13)16-7-10-4-5-11(15-6-10)17-8-9-2-3-9/h4-6,9H,2-3,7-8H2,1H3,(H3,13,14,16). The summed E-state index contributed by atoms with van der Waals surface area (Å²) in [5.41, 5.74) is 6.58. The van der Waals surface area contributed by atoms with E-state index in [0.29, 0.717) is 18.4 Å². The number of nitrogens with zero attached hydrogens (tertiary/aromatic N) is 2. The van der Waals surface area contributed by atoms with Crippen molar-refractivity contribution in [3.63, 3.8) is 0 Å². The highest BCUT2D eigenvalue weighted by molar-refractivity contribution is 5.77. The predicted molar refractivity (Wildman–Crippen MR) is 66.8 cm³/mol. The molecule has 3 N–H and O–H groups in total. The van der Waals surface area contributed by atoms with Crippen molar-refractivity contribution < 1.29 is 4.74 Å². The molecule has 0 unspecified atom stereocenters. The van der Waals surface area contributed by atoms with Gasteiger partial charge in [-0.3, -0.25) is 4.99 Å². The molecule has 1 fully saturated rings. The topological polar surface area (TPSA) is 72.5 Å². The van der Waals surface area contributed by atoms with Crippen molar-refractivity contribution in [1.29, 1.82) is 0 Å². The number of aromatic nitrogens is 1. The number of aliphatic imine (C=N–C) groups is 1. The summed E-state index contributed by atoms with van der Waals surface area (Å²) in [6, 6.07) is 3.86. The van der Waals surface area contributed by atoms with Crippen molar-refractivity contribution in [3.05, 3.63) is 23.9 Å². The van der Waals surface area contributed by atoms with Gasteiger partial charge < -0.3 is 15.8 Å². The molecule has 0 aliphatic heterocycles. The molecule has 2 rings (SSSR count). The third kappa shape index (κ3) is 3.94. The van der Waals surface area contributed by atoms with Crippen LogP contribution < -0.4 is 15.8 Å². The minimum absolute atomic E-state index is 0.430. The molecule has 0 atom stereocenters. The van der Waals surface area contributed by atoms with Crippen LogP contribution in [0.5, 0.6) is 5.88 Å². The highest BCUT2D eigenvalue weighted by atomic mass is 16.5. The van der Waals surface area contributed by atoms with E-state index in [1.165, 1.54) is 12.8 Å². The van der Waals surface area contributed by atoms with Gasteiger partial charge in [0.25, 0.3) is 0 Å². The second-order valence-electron chi connectivity index (χ2n) is 4.22.